The van der Waals surface area contributed by atoms with Gasteiger partial charge in [0.15, 0.2) is 0 Å². The minimum absolute atomic E-state index is 0.540. The van der Waals surface area contributed by atoms with E-state index in [2.05, 4.69) is 54.4 Å². The van der Waals surface area contributed by atoms with E-state index in [4.69, 9.17) is 0 Å². The van der Waals surface area contributed by atoms with Crippen molar-refractivity contribution in [2.75, 3.05) is 26.2 Å². The predicted molar refractivity (Wildman–Crippen MR) is 92.1 cm³/mol. The molecule has 120 valence electrons. The molecule has 1 saturated heterocycles. The third-order valence-corrected chi connectivity index (χ3v) is 6.03. The molecule has 0 aromatic heterocycles. The molecule has 1 aromatic carbocycles. The van der Waals surface area contributed by atoms with Crippen LogP contribution in [0.25, 0.3) is 0 Å². The van der Waals surface area contributed by atoms with Crippen molar-refractivity contribution in [2.24, 2.45) is 10.8 Å². The van der Waals surface area contributed by atoms with Crippen molar-refractivity contribution in [2.45, 2.75) is 51.5 Å². The highest BCUT2D eigenvalue weighted by molar-refractivity contribution is 5.27. The second-order valence-corrected chi connectivity index (χ2v) is 8.87. The van der Waals surface area contributed by atoms with Crippen LogP contribution in [0.15, 0.2) is 30.3 Å². The van der Waals surface area contributed by atoms with E-state index in [0.29, 0.717) is 10.8 Å². The van der Waals surface area contributed by atoms with E-state index < -0.39 is 0 Å². The molecule has 2 atom stereocenters. The SMILES string of the molecule is CC1(C)CCN(CC2(CN[C@H]3C[C@@H]3c3ccccc3)CC2)C1. The van der Waals surface area contributed by atoms with Crippen molar-refractivity contribution >= 4 is 0 Å². The monoisotopic (exact) mass is 298 g/mol. The van der Waals surface area contributed by atoms with Crippen molar-refractivity contribution in [3.05, 3.63) is 35.9 Å². The van der Waals surface area contributed by atoms with Crippen LogP contribution in [0.2, 0.25) is 0 Å². The first kappa shape index (κ1) is 14.7. The second kappa shape index (κ2) is 5.35. The van der Waals surface area contributed by atoms with Gasteiger partial charge in [0.25, 0.3) is 0 Å². The molecule has 0 bridgehead atoms. The summed E-state index contributed by atoms with van der Waals surface area (Å²) in [5.74, 6) is 0.766. The second-order valence-electron chi connectivity index (χ2n) is 8.87. The highest BCUT2D eigenvalue weighted by atomic mass is 15.2. The first-order valence-electron chi connectivity index (χ1n) is 9.06. The molecule has 0 spiro atoms. The van der Waals surface area contributed by atoms with E-state index in [1.54, 1.807) is 0 Å². The summed E-state index contributed by atoms with van der Waals surface area (Å²) in [5.41, 5.74) is 2.66. The smallest absolute Gasteiger partial charge is 0.0143 e. The van der Waals surface area contributed by atoms with Gasteiger partial charge in [-0.05, 0) is 48.6 Å². The Balaban J connectivity index is 1.25. The Labute approximate surface area is 135 Å². The third-order valence-electron chi connectivity index (χ3n) is 6.03. The summed E-state index contributed by atoms with van der Waals surface area (Å²) in [6.07, 6.45) is 5.56. The lowest BCUT2D eigenvalue weighted by Crippen LogP contribution is -2.36. The zero-order valence-electron chi connectivity index (χ0n) is 14.1. The largest absolute Gasteiger partial charge is 0.313 e. The average molecular weight is 298 g/mol. The molecule has 2 heteroatoms. The van der Waals surface area contributed by atoms with Crippen LogP contribution in [-0.4, -0.2) is 37.1 Å². The molecule has 1 aliphatic heterocycles. The zero-order valence-corrected chi connectivity index (χ0v) is 14.1. The van der Waals surface area contributed by atoms with Gasteiger partial charge in [0, 0.05) is 31.6 Å². The Bertz CT molecular complexity index is 518. The fourth-order valence-corrected chi connectivity index (χ4v) is 4.24. The Hall–Kier alpha value is -0.860. The number of rotatable bonds is 6. The molecule has 0 amide bonds. The molecule has 1 heterocycles. The van der Waals surface area contributed by atoms with E-state index in [1.807, 2.05) is 0 Å². The molecular weight excluding hydrogens is 268 g/mol. The Morgan fingerprint density at radius 1 is 1.14 bits per heavy atom. The lowest BCUT2D eigenvalue weighted by Gasteiger charge is -2.25. The van der Waals surface area contributed by atoms with Gasteiger partial charge < -0.3 is 10.2 Å². The summed E-state index contributed by atoms with van der Waals surface area (Å²) in [6, 6.07) is 11.8. The van der Waals surface area contributed by atoms with E-state index in [-0.39, 0.29) is 0 Å². The quantitative estimate of drug-likeness (QED) is 0.862. The minimum Gasteiger partial charge on any atom is -0.313 e. The molecular formula is C20H30N2. The molecule has 4 rings (SSSR count). The van der Waals surface area contributed by atoms with Crippen molar-refractivity contribution in [1.29, 1.82) is 0 Å². The summed E-state index contributed by atoms with van der Waals surface area (Å²) in [4.78, 5) is 2.72. The van der Waals surface area contributed by atoms with Crippen molar-refractivity contribution in [3.8, 4) is 0 Å². The van der Waals surface area contributed by atoms with Crippen molar-refractivity contribution < 1.29 is 0 Å². The van der Waals surface area contributed by atoms with Crippen LogP contribution in [0.1, 0.15) is 51.0 Å². The van der Waals surface area contributed by atoms with Gasteiger partial charge >= 0.3 is 0 Å². The third kappa shape index (κ3) is 3.23. The number of hydrogen-bond acceptors (Lipinski definition) is 2. The van der Waals surface area contributed by atoms with Gasteiger partial charge in [-0.25, -0.2) is 0 Å². The molecule has 22 heavy (non-hydrogen) atoms. The average Bonchev–Trinajstić information content (AvgIpc) is 3.39. The number of nitrogens with one attached hydrogen (secondary N) is 1. The summed E-state index contributed by atoms with van der Waals surface area (Å²) in [7, 11) is 0. The molecule has 0 unspecified atom stereocenters. The van der Waals surface area contributed by atoms with E-state index in [9.17, 15) is 0 Å². The predicted octanol–water partition coefficient (Wildman–Crippen LogP) is 3.64. The number of likely N-dealkylation sites (tertiary alicyclic amines) is 1. The van der Waals surface area contributed by atoms with Gasteiger partial charge in [-0.1, -0.05) is 44.2 Å². The summed E-state index contributed by atoms with van der Waals surface area (Å²) in [6.45, 7) is 10.00. The first-order valence-corrected chi connectivity index (χ1v) is 9.06. The molecule has 1 aromatic rings. The van der Waals surface area contributed by atoms with Gasteiger partial charge in [-0.2, -0.15) is 0 Å². The lowest BCUT2D eigenvalue weighted by molar-refractivity contribution is 0.233. The Kier molecular flexibility index (Phi) is 3.58. The van der Waals surface area contributed by atoms with E-state index in [1.165, 1.54) is 57.4 Å². The number of hydrogen-bond donors (Lipinski definition) is 1. The number of nitrogens with zero attached hydrogens (tertiary/aromatic N) is 1. The molecule has 2 aliphatic carbocycles. The molecule has 1 N–H and O–H groups in total. The summed E-state index contributed by atoms with van der Waals surface area (Å²) < 4.78 is 0. The zero-order chi connectivity index (χ0) is 15.2. The normalized spacial score (nSPS) is 32.1. The summed E-state index contributed by atoms with van der Waals surface area (Å²) in [5, 5.41) is 3.88. The van der Waals surface area contributed by atoms with Crippen LogP contribution in [0.3, 0.4) is 0 Å². The molecule has 3 fully saturated rings. The van der Waals surface area contributed by atoms with Gasteiger partial charge in [0.1, 0.15) is 0 Å². The standard InChI is InChI=1S/C20H30N2/c1-19(2)10-11-22(14-19)15-20(8-9-20)13-21-18-12-17(18)16-6-4-3-5-7-16/h3-7,17-18,21H,8-15H2,1-2H3/t17-,18+/m1/s1. The topological polar surface area (TPSA) is 15.3 Å². The fraction of sp³-hybridized carbons (Fsp3) is 0.700. The Morgan fingerprint density at radius 2 is 1.91 bits per heavy atom. The minimum atomic E-state index is 0.540. The van der Waals surface area contributed by atoms with E-state index in [0.717, 1.165) is 12.0 Å². The lowest BCUT2D eigenvalue weighted by atomic mass is 9.93. The van der Waals surface area contributed by atoms with Crippen LogP contribution in [0.4, 0.5) is 0 Å². The van der Waals surface area contributed by atoms with Gasteiger partial charge in [0.2, 0.25) is 0 Å². The van der Waals surface area contributed by atoms with Crippen LogP contribution in [0.5, 0.6) is 0 Å². The van der Waals surface area contributed by atoms with Crippen LogP contribution < -0.4 is 5.32 Å². The van der Waals surface area contributed by atoms with E-state index >= 15 is 0 Å². The Morgan fingerprint density at radius 3 is 2.55 bits per heavy atom. The van der Waals surface area contributed by atoms with Crippen molar-refractivity contribution in [3.63, 3.8) is 0 Å². The maximum Gasteiger partial charge on any atom is 0.0143 e. The molecule has 0 radical (unpaired) electrons. The highest BCUT2D eigenvalue weighted by Gasteiger charge is 2.47. The maximum absolute atomic E-state index is 3.88. The molecule has 2 saturated carbocycles. The van der Waals surface area contributed by atoms with Crippen LogP contribution in [-0.2, 0) is 0 Å². The first-order chi connectivity index (χ1) is 10.6. The van der Waals surface area contributed by atoms with Crippen LogP contribution >= 0.6 is 0 Å². The maximum atomic E-state index is 3.88. The molecule has 3 aliphatic rings. The molecule has 2 nitrogen and oxygen atoms in total. The van der Waals surface area contributed by atoms with Gasteiger partial charge in [-0.3, -0.25) is 0 Å². The van der Waals surface area contributed by atoms with Crippen LogP contribution in [0, 0.1) is 10.8 Å². The summed E-state index contributed by atoms with van der Waals surface area (Å²) >= 11 is 0. The van der Waals surface area contributed by atoms with Gasteiger partial charge in [-0.15, -0.1) is 0 Å². The fourth-order valence-electron chi connectivity index (χ4n) is 4.24. The highest BCUT2D eigenvalue weighted by Crippen LogP contribution is 2.48. The van der Waals surface area contributed by atoms with Gasteiger partial charge in [0.05, 0.1) is 0 Å². The number of benzene rings is 1. The van der Waals surface area contributed by atoms with Crippen molar-refractivity contribution in [1.82, 2.24) is 10.2 Å².